The van der Waals surface area contributed by atoms with Crippen molar-refractivity contribution in [1.82, 2.24) is 0 Å². The van der Waals surface area contributed by atoms with Gasteiger partial charge in [-0.25, -0.2) is 18.6 Å². The summed E-state index contributed by atoms with van der Waals surface area (Å²) in [6.45, 7) is 1.10. The number of aromatic nitrogens is 1. The number of halogens is 1. The minimum absolute atomic E-state index is 1.10. The van der Waals surface area contributed by atoms with Crippen LogP contribution >= 0.6 is 11.3 Å². The Kier molecular flexibility index (Phi) is 5.81. The van der Waals surface area contributed by atoms with E-state index >= 15 is 0 Å². The van der Waals surface area contributed by atoms with Crippen LogP contribution in [0.3, 0.4) is 0 Å². The lowest BCUT2D eigenvalue weighted by atomic mass is 10.1. The summed E-state index contributed by atoms with van der Waals surface area (Å²) in [5.41, 5.74) is 5.35. The standard InChI is InChI=1S/C19H19N2S.ClHO4/c1-20(2)16-9-7-14(8-10-16)13-15-11-12-21-17-5-3-4-6-18(17)22-19(15)21;2-1(3,4)5/h3-10,13H,11-12H2,1-2H3;(H,2,3,4,5)/q+1;/p-1. The van der Waals surface area contributed by atoms with Gasteiger partial charge in [-0.15, -0.1) is 10.2 Å². The molecular formula is C19H19ClN2O4S. The molecule has 27 heavy (non-hydrogen) atoms. The van der Waals surface area contributed by atoms with E-state index in [1.807, 2.05) is 11.3 Å². The largest absolute Gasteiger partial charge is 0.378 e. The molecule has 0 aliphatic carbocycles. The van der Waals surface area contributed by atoms with Crippen molar-refractivity contribution in [2.45, 2.75) is 13.0 Å². The predicted octanol–water partition coefficient (Wildman–Crippen LogP) is -0.557. The summed E-state index contributed by atoms with van der Waals surface area (Å²) in [6.07, 6.45) is 3.47. The minimum atomic E-state index is -4.94. The topological polar surface area (TPSA) is 99.4 Å². The molecule has 1 aliphatic rings. The Balaban J connectivity index is 0.000000376. The van der Waals surface area contributed by atoms with Crippen molar-refractivity contribution >= 4 is 38.9 Å². The molecule has 0 saturated carbocycles. The second kappa shape index (κ2) is 7.93. The average Bonchev–Trinajstić information content (AvgIpc) is 3.14. The fourth-order valence-corrected chi connectivity index (χ4v) is 4.27. The number of rotatable bonds is 2. The molecule has 0 spiro atoms. The summed E-state index contributed by atoms with van der Waals surface area (Å²) in [4.78, 5) is 2.13. The zero-order valence-corrected chi connectivity index (χ0v) is 16.5. The van der Waals surface area contributed by atoms with E-state index in [9.17, 15) is 0 Å². The molecule has 0 saturated heterocycles. The molecule has 2 heterocycles. The Hall–Kier alpha value is -2.00. The molecule has 0 radical (unpaired) electrons. The first-order valence-electron chi connectivity index (χ1n) is 8.24. The van der Waals surface area contributed by atoms with E-state index in [1.165, 1.54) is 32.0 Å². The van der Waals surface area contributed by atoms with Crippen LogP contribution in [0, 0.1) is 10.2 Å². The lowest BCUT2D eigenvalue weighted by Crippen LogP contribution is -2.68. The van der Waals surface area contributed by atoms with Crippen LogP contribution in [0.15, 0.2) is 48.5 Å². The molecule has 0 amide bonds. The molecule has 2 aromatic carbocycles. The van der Waals surface area contributed by atoms with Gasteiger partial charge in [-0.2, -0.15) is 4.57 Å². The van der Waals surface area contributed by atoms with Crippen molar-refractivity contribution in [2.24, 2.45) is 0 Å². The van der Waals surface area contributed by atoms with Gasteiger partial charge in [-0.05, 0) is 29.8 Å². The highest BCUT2D eigenvalue weighted by Crippen LogP contribution is 2.33. The van der Waals surface area contributed by atoms with E-state index < -0.39 is 10.2 Å². The van der Waals surface area contributed by atoms with Gasteiger partial charge in [0.1, 0.15) is 4.70 Å². The summed E-state index contributed by atoms with van der Waals surface area (Å²) in [6, 6.07) is 17.5. The van der Waals surface area contributed by atoms with Crippen molar-refractivity contribution < 1.29 is 33.4 Å². The zero-order chi connectivity index (χ0) is 19.6. The maximum atomic E-state index is 8.49. The normalized spacial score (nSPS) is 14.8. The maximum absolute atomic E-state index is 8.49. The molecule has 6 nitrogen and oxygen atoms in total. The maximum Gasteiger partial charge on any atom is 0.266 e. The van der Waals surface area contributed by atoms with Gasteiger partial charge in [0, 0.05) is 37.8 Å². The number of nitrogens with zero attached hydrogens (tertiary/aromatic N) is 2. The van der Waals surface area contributed by atoms with Crippen molar-refractivity contribution in [3.8, 4) is 0 Å². The molecular weight excluding hydrogens is 388 g/mol. The molecule has 3 aromatic rings. The smallest absolute Gasteiger partial charge is 0.266 e. The Morgan fingerprint density at radius 2 is 1.63 bits per heavy atom. The number of allylic oxidation sites excluding steroid dienone is 1. The van der Waals surface area contributed by atoms with Crippen LogP contribution in [-0.2, 0) is 6.54 Å². The van der Waals surface area contributed by atoms with E-state index in [0.717, 1.165) is 13.0 Å². The van der Waals surface area contributed by atoms with E-state index in [0.29, 0.717) is 0 Å². The molecule has 0 unspecified atom stereocenters. The number of aryl methyl sites for hydroxylation is 1. The van der Waals surface area contributed by atoms with Gasteiger partial charge >= 0.3 is 0 Å². The summed E-state index contributed by atoms with van der Waals surface area (Å²) in [7, 11) is -0.797. The van der Waals surface area contributed by atoms with Gasteiger partial charge < -0.3 is 4.90 Å². The predicted molar refractivity (Wildman–Crippen MR) is 95.3 cm³/mol. The third kappa shape index (κ3) is 5.04. The Morgan fingerprint density at radius 1 is 1.00 bits per heavy atom. The first-order chi connectivity index (χ1) is 12.7. The quantitative estimate of drug-likeness (QED) is 0.531. The van der Waals surface area contributed by atoms with Crippen LogP contribution in [0.1, 0.15) is 17.0 Å². The van der Waals surface area contributed by atoms with Crippen LogP contribution in [0.25, 0.3) is 21.9 Å². The second-order valence-corrected chi connectivity index (χ2v) is 8.10. The first-order valence-corrected chi connectivity index (χ1v) is 10.3. The summed E-state index contributed by atoms with van der Waals surface area (Å²) in [5.74, 6) is 0. The molecule has 0 N–H and O–H groups in total. The number of hydrogen-bond acceptors (Lipinski definition) is 6. The lowest BCUT2D eigenvalue weighted by Gasteiger charge is -2.17. The molecule has 8 heteroatoms. The van der Waals surface area contributed by atoms with Gasteiger partial charge in [0.05, 0.1) is 0 Å². The van der Waals surface area contributed by atoms with Gasteiger partial charge in [0.15, 0.2) is 6.54 Å². The van der Waals surface area contributed by atoms with Gasteiger partial charge in [-0.3, -0.25) is 0 Å². The fraction of sp³-hybridized carbons (Fsp3) is 0.211. The molecule has 0 atom stereocenters. The number of fused-ring (bicyclic) bond motifs is 3. The van der Waals surface area contributed by atoms with Gasteiger partial charge in [0.25, 0.3) is 5.01 Å². The van der Waals surface area contributed by atoms with Crippen LogP contribution < -0.4 is 28.1 Å². The lowest BCUT2D eigenvalue weighted by molar-refractivity contribution is -2.00. The van der Waals surface area contributed by atoms with Crippen molar-refractivity contribution in [3.63, 3.8) is 0 Å². The molecule has 0 fully saturated rings. The Labute approximate surface area is 163 Å². The molecule has 142 valence electrons. The van der Waals surface area contributed by atoms with Gasteiger partial charge in [0.2, 0.25) is 5.52 Å². The first kappa shape index (κ1) is 19.8. The van der Waals surface area contributed by atoms with Crippen molar-refractivity contribution in [2.75, 3.05) is 19.0 Å². The fourth-order valence-electron chi connectivity index (χ4n) is 3.04. The van der Waals surface area contributed by atoms with Crippen molar-refractivity contribution in [3.05, 3.63) is 59.1 Å². The van der Waals surface area contributed by atoms with Crippen LogP contribution in [0.2, 0.25) is 0 Å². The van der Waals surface area contributed by atoms with Crippen LogP contribution in [0.5, 0.6) is 0 Å². The van der Waals surface area contributed by atoms with E-state index in [4.69, 9.17) is 18.6 Å². The highest BCUT2D eigenvalue weighted by Gasteiger charge is 2.29. The van der Waals surface area contributed by atoms with Crippen LogP contribution in [0.4, 0.5) is 5.69 Å². The van der Waals surface area contributed by atoms with Crippen LogP contribution in [-0.4, -0.2) is 14.1 Å². The molecule has 1 aromatic heterocycles. The zero-order valence-electron chi connectivity index (χ0n) is 14.9. The highest BCUT2D eigenvalue weighted by molar-refractivity contribution is 7.19. The number of para-hydroxylation sites is 1. The monoisotopic (exact) mass is 406 g/mol. The summed E-state index contributed by atoms with van der Waals surface area (Å²) in [5, 5.41) is 1.41. The number of benzene rings is 2. The number of thiazole rings is 1. The van der Waals surface area contributed by atoms with E-state index in [-0.39, 0.29) is 0 Å². The summed E-state index contributed by atoms with van der Waals surface area (Å²) >= 11 is 1.91. The molecule has 1 aliphatic heterocycles. The van der Waals surface area contributed by atoms with E-state index in [2.05, 4.69) is 78.2 Å². The third-order valence-electron chi connectivity index (χ3n) is 4.24. The summed E-state index contributed by atoms with van der Waals surface area (Å²) < 4.78 is 37.8. The SMILES string of the molecule is CN(C)c1ccc(C=C2CC[n+]3c2sc2ccccc23)cc1.[O-][Cl+3]([O-])([O-])[O-]. The number of hydrogen-bond donors (Lipinski definition) is 0. The highest BCUT2D eigenvalue weighted by atomic mass is 35.7. The second-order valence-electron chi connectivity index (χ2n) is 6.31. The minimum Gasteiger partial charge on any atom is -0.378 e. The Bertz CT molecular complexity index is 956. The molecule has 4 rings (SSSR count). The average molecular weight is 407 g/mol. The third-order valence-corrected chi connectivity index (χ3v) is 5.48. The number of anilines is 1. The van der Waals surface area contributed by atoms with E-state index in [1.54, 1.807) is 0 Å². The van der Waals surface area contributed by atoms with Crippen molar-refractivity contribution in [1.29, 1.82) is 0 Å². The Morgan fingerprint density at radius 3 is 2.26 bits per heavy atom. The van der Waals surface area contributed by atoms with Gasteiger partial charge in [-0.1, -0.05) is 35.6 Å². The molecule has 0 bridgehead atoms.